The molecule has 0 spiro atoms. The molecule has 21 heavy (non-hydrogen) atoms. The van der Waals surface area contributed by atoms with Crippen molar-refractivity contribution in [3.63, 3.8) is 0 Å². The Labute approximate surface area is 129 Å². The molecule has 0 saturated heterocycles. The molecule has 0 aliphatic carbocycles. The normalized spacial score (nSPS) is 17.4. The number of carboxylic acids is 1. The fourth-order valence-electron chi connectivity index (χ4n) is 2.56. The van der Waals surface area contributed by atoms with Gasteiger partial charge in [-0.25, -0.2) is 4.79 Å². The van der Waals surface area contributed by atoms with E-state index in [1.54, 1.807) is 0 Å². The number of hydrogen-bond donors (Lipinski definition) is 1. The molecule has 3 rings (SSSR count). The van der Waals surface area contributed by atoms with Crippen molar-refractivity contribution >= 4 is 27.8 Å². The maximum Gasteiger partial charge on any atom is 0.326 e. The molecule has 1 atom stereocenters. The number of carbonyl (C=O) groups excluding carboxylic acids is 1. The molecular weight excluding hydrogens is 338 g/mol. The number of fused-ring (bicyclic) bond motifs is 1. The van der Waals surface area contributed by atoms with Gasteiger partial charge in [-0.05, 0) is 33.1 Å². The minimum atomic E-state index is -1.00. The van der Waals surface area contributed by atoms with Gasteiger partial charge in [-0.15, -0.1) is 0 Å². The smallest absolute Gasteiger partial charge is 0.326 e. The highest BCUT2D eigenvalue weighted by Crippen LogP contribution is 2.27. The minimum absolute atomic E-state index is 0.281. The third kappa shape index (κ3) is 2.47. The van der Waals surface area contributed by atoms with Crippen LogP contribution >= 0.6 is 15.9 Å². The highest BCUT2D eigenvalue weighted by molar-refractivity contribution is 9.10. The van der Waals surface area contributed by atoms with Crippen LogP contribution in [-0.2, 0) is 17.8 Å². The van der Waals surface area contributed by atoms with Crippen LogP contribution in [0.1, 0.15) is 21.5 Å². The zero-order valence-corrected chi connectivity index (χ0v) is 12.5. The first kappa shape index (κ1) is 13.9. The van der Waals surface area contributed by atoms with Gasteiger partial charge in [0.25, 0.3) is 5.91 Å². The number of furan rings is 1. The molecule has 1 amide bonds. The Morgan fingerprint density at radius 2 is 1.95 bits per heavy atom. The maximum absolute atomic E-state index is 12.6. The summed E-state index contributed by atoms with van der Waals surface area (Å²) in [5, 5.41) is 9.42. The number of amides is 1. The van der Waals surface area contributed by atoms with Crippen LogP contribution in [0.25, 0.3) is 0 Å². The largest absolute Gasteiger partial charge is 0.480 e. The van der Waals surface area contributed by atoms with Crippen molar-refractivity contribution in [2.24, 2.45) is 0 Å². The minimum Gasteiger partial charge on any atom is -0.480 e. The number of carboxylic acid groups (broad SMARTS) is 1. The second-order valence-corrected chi connectivity index (χ2v) is 5.59. The molecule has 1 aromatic heterocycles. The fourth-order valence-corrected chi connectivity index (χ4v) is 2.97. The van der Waals surface area contributed by atoms with Gasteiger partial charge in [-0.2, -0.15) is 0 Å². The molecule has 0 unspecified atom stereocenters. The summed E-state index contributed by atoms with van der Waals surface area (Å²) in [5.41, 5.74) is 2.28. The third-order valence-corrected chi connectivity index (χ3v) is 4.26. The third-order valence-electron chi connectivity index (χ3n) is 3.64. The summed E-state index contributed by atoms with van der Waals surface area (Å²) in [6, 6.07) is 8.25. The van der Waals surface area contributed by atoms with E-state index in [9.17, 15) is 14.7 Å². The molecule has 0 bridgehead atoms. The molecule has 2 aromatic rings. The lowest BCUT2D eigenvalue weighted by atomic mass is 9.93. The molecule has 1 aliphatic rings. The lowest BCUT2D eigenvalue weighted by Gasteiger charge is -2.34. The van der Waals surface area contributed by atoms with Crippen molar-refractivity contribution in [2.45, 2.75) is 19.0 Å². The van der Waals surface area contributed by atoms with Gasteiger partial charge in [0.1, 0.15) is 6.04 Å². The predicted octanol–water partition coefficient (Wildman–Crippen LogP) is 2.69. The first-order valence-corrected chi connectivity index (χ1v) is 7.21. The van der Waals surface area contributed by atoms with Crippen molar-refractivity contribution < 1.29 is 19.1 Å². The molecule has 0 radical (unpaired) electrons. The van der Waals surface area contributed by atoms with E-state index >= 15 is 0 Å². The molecule has 1 N–H and O–H groups in total. The zero-order valence-electron chi connectivity index (χ0n) is 11.0. The van der Waals surface area contributed by atoms with E-state index in [4.69, 9.17) is 4.42 Å². The molecular formula is C15H12BrNO4. The van der Waals surface area contributed by atoms with Crippen LogP contribution in [0, 0.1) is 0 Å². The van der Waals surface area contributed by atoms with Crippen molar-refractivity contribution in [1.82, 2.24) is 4.90 Å². The van der Waals surface area contributed by atoms with E-state index in [1.807, 2.05) is 24.3 Å². The van der Waals surface area contributed by atoms with Gasteiger partial charge in [0, 0.05) is 13.0 Å². The zero-order chi connectivity index (χ0) is 15.0. The van der Waals surface area contributed by atoms with Crippen LogP contribution in [0.2, 0.25) is 0 Å². The average Bonchev–Trinajstić information content (AvgIpc) is 2.91. The van der Waals surface area contributed by atoms with Crippen LogP contribution in [0.15, 0.2) is 45.7 Å². The fraction of sp³-hybridized carbons (Fsp3) is 0.200. The lowest BCUT2D eigenvalue weighted by molar-refractivity contribution is -0.142. The van der Waals surface area contributed by atoms with E-state index in [0.717, 1.165) is 11.1 Å². The topological polar surface area (TPSA) is 70.8 Å². The van der Waals surface area contributed by atoms with E-state index in [-0.39, 0.29) is 12.5 Å². The highest BCUT2D eigenvalue weighted by Gasteiger charge is 2.35. The first-order valence-electron chi connectivity index (χ1n) is 6.41. The molecule has 2 heterocycles. The Morgan fingerprint density at radius 3 is 2.57 bits per heavy atom. The van der Waals surface area contributed by atoms with E-state index < -0.39 is 12.0 Å². The lowest BCUT2D eigenvalue weighted by Crippen LogP contribution is -2.48. The van der Waals surface area contributed by atoms with Gasteiger partial charge < -0.3 is 14.4 Å². The number of rotatable bonds is 2. The Balaban J connectivity index is 1.98. The Morgan fingerprint density at radius 1 is 1.24 bits per heavy atom. The second-order valence-electron chi connectivity index (χ2n) is 4.87. The molecule has 1 aliphatic heterocycles. The van der Waals surface area contributed by atoms with Crippen molar-refractivity contribution in [1.29, 1.82) is 0 Å². The van der Waals surface area contributed by atoms with Gasteiger partial charge in [-0.1, -0.05) is 24.3 Å². The van der Waals surface area contributed by atoms with E-state index in [2.05, 4.69) is 15.9 Å². The van der Waals surface area contributed by atoms with Crippen molar-refractivity contribution in [3.05, 3.63) is 58.0 Å². The summed E-state index contributed by atoms with van der Waals surface area (Å²) in [6.07, 6.45) is 1.71. The number of nitrogens with zero attached hydrogens (tertiary/aromatic N) is 1. The monoisotopic (exact) mass is 349 g/mol. The number of hydrogen-bond acceptors (Lipinski definition) is 3. The van der Waals surface area contributed by atoms with Gasteiger partial charge in [0.2, 0.25) is 0 Å². The summed E-state index contributed by atoms with van der Waals surface area (Å²) in [6.45, 7) is 0.281. The molecule has 0 saturated carbocycles. The Bertz CT molecular complexity index is 709. The van der Waals surface area contributed by atoms with Crippen LogP contribution in [0.5, 0.6) is 0 Å². The van der Waals surface area contributed by atoms with E-state index in [1.165, 1.54) is 17.2 Å². The summed E-state index contributed by atoms with van der Waals surface area (Å²) >= 11 is 3.16. The van der Waals surface area contributed by atoms with Crippen LogP contribution in [0.3, 0.4) is 0 Å². The Hall–Kier alpha value is -2.08. The maximum atomic E-state index is 12.6. The molecule has 5 nitrogen and oxygen atoms in total. The SMILES string of the molecule is O=C(O)[C@H]1Cc2ccccc2CN1C(=O)c1ccoc1Br. The number of carbonyl (C=O) groups is 2. The quantitative estimate of drug-likeness (QED) is 0.904. The highest BCUT2D eigenvalue weighted by atomic mass is 79.9. The number of benzene rings is 1. The number of aliphatic carboxylic acids is 1. The van der Waals surface area contributed by atoms with E-state index in [0.29, 0.717) is 16.7 Å². The van der Waals surface area contributed by atoms with Gasteiger partial charge in [-0.3, -0.25) is 4.79 Å². The second kappa shape index (κ2) is 5.37. The summed E-state index contributed by atoms with van der Waals surface area (Å²) in [7, 11) is 0. The van der Waals surface area contributed by atoms with Crippen LogP contribution in [-0.4, -0.2) is 27.9 Å². The summed E-state index contributed by atoms with van der Waals surface area (Å²) in [5.74, 6) is -1.35. The van der Waals surface area contributed by atoms with Gasteiger partial charge >= 0.3 is 5.97 Å². The average molecular weight is 350 g/mol. The van der Waals surface area contributed by atoms with Crippen molar-refractivity contribution in [2.75, 3.05) is 0 Å². The standard InChI is InChI=1S/C15H12BrNO4/c16-13-11(5-6-21-13)14(18)17-8-10-4-2-1-3-9(10)7-12(17)15(19)20/h1-6,12H,7-8H2,(H,19,20)/t12-/m1/s1. The Kier molecular flexibility index (Phi) is 3.55. The van der Waals surface area contributed by atoms with Gasteiger partial charge in [0.05, 0.1) is 11.8 Å². The number of halogens is 1. The van der Waals surface area contributed by atoms with Crippen LogP contribution < -0.4 is 0 Å². The molecule has 0 fully saturated rings. The molecule has 1 aromatic carbocycles. The molecule has 6 heteroatoms. The van der Waals surface area contributed by atoms with Crippen molar-refractivity contribution in [3.8, 4) is 0 Å². The van der Waals surface area contributed by atoms with Gasteiger partial charge in [0.15, 0.2) is 4.67 Å². The van der Waals surface area contributed by atoms with Crippen LogP contribution in [0.4, 0.5) is 0 Å². The summed E-state index contributed by atoms with van der Waals surface area (Å²) < 4.78 is 5.38. The summed E-state index contributed by atoms with van der Waals surface area (Å²) in [4.78, 5) is 25.5. The first-order chi connectivity index (χ1) is 10.1. The molecule has 108 valence electrons. The predicted molar refractivity (Wildman–Crippen MR) is 77.9 cm³/mol.